The van der Waals surface area contributed by atoms with Crippen LogP contribution in [0.4, 0.5) is 4.39 Å². The molecule has 0 aliphatic rings. The molecule has 2 rings (SSSR count). The van der Waals surface area contributed by atoms with Gasteiger partial charge in [-0.15, -0.1) is 0 Å². The van der Waals surface area contributed by atoms with Crippen molar-refractivity contribution < 1.29 is 18.7 Å². The molecule has 1 heterocycles. The number of carbonyl (C=O) groups is 1. The Labute approximate surface area is 110 Å². The van der Waals surface area contributed by atoms with Gasteiger partial charge in [-0.2, -0.15) is 0 Å². The Kier molecular flexibility index (Phi) is 3.85. The number of rotatable bonds is 4. The van der Waals surface area contributed by atoms with Gasteiger partial charge in [-0.1, -0.05) is 0 Å². The van der Waals surface area contributed by atoms with Gasteiger partial charge in [-0.3, -0.25) is 4.79 Å². The van der Waals surface area contributed by atoms with Crippen molar-refractivity contribution in [1.82, 2.24) is 4.90 Å². The maximum absolute atomic E-state index is 13.2. The lowest BCUT2D eigenvalue weighted by atomic mass is 10.1. The van der Waals surface area contributed by atoms with Crippen molar-refractivity contribution in [1.29, 1.82) is 0 Å². The van der Waals surface area contributed by atoms with Crippen molar-refractivity contribution in [3.8, 4) is 5.75 Å². The SMILES string of the molecule is CCN(Cc1ccco1)C(=O)c1cc(F)ccc1O. The van der Waals surface area contributed by atoms with Gasteiger partial charge in [0, 0.05) is 6.54 Å². The van der Waals surface area contributed by atoms with Gasteiger partial charge in [0.05, 0.1) is 18.4 Å². The summed E-state index contributed by atoms with van der Waals surface area (Å²) in [6, 6.07) is 6.79. The zero-order valence-corrected chi connectivity index (χ0v) is 10.5. The number of nitrogens with zero attached hydrogens (tertiary/aromatic N) is 1. The molecule has 0 aliphatic carbocycles. The molecule has 0 bridgehead atoms. The van der Waals surface area contributed by atoms with E-state index >= 15 is 0 Å². The monoisotopic (exact) mass is 263 g/mol. The average molecular weight is 263 g/mol. The summed E-state index contributed by atoms with van der Waals surface area (Å²) < 4.78 is 18.3. The summed E-state index contributed by atoms with van der Waals surface area (Å²) in [6.45, 7) is 2.50. The van der Waals surface area contributed by atoms with E-state index in [0.29, 0.717) is 12.3 Å². The molecule has 1 amide bonds. The topological polar surface area (TPSA) is 53.7 Å². The number of halogens is 1. The van der Waals surface area contributed by atoms with Crippen LogP contribution >= 0.6 is 0 Å². The summed E-state index contributed by atoms with van der Waals surface area (Å²) in [5, 5.41) is 9.64. The van der Waals surface area contributed by atoms with Crippen LogP contribution in [0.3, 0.4) is 0 Å². The highest BCUT2D eigenvalue weighted by molar-refractivity contribution is 5.96. The molecule has 1 aromatic heterocycles. The molecule has 0 fully saturated rings. The minimum atomic E-state index is -0.560. The lowest BCUT2D eigenvalue weighted by Gasteiger charge is -2.20. The molecule has 0 radical (unpaired) electrons. The van der Waals surface area contributed by atoms with Crippen LogP contribution in [0.2, 0.25) is 0 Å². The molecule has 4 nitrogen and oxygen atoms in total. The van der Waals surface area contributed by atoms with E-state index in [0.717, 1.165) is 12.1 Å². The smallest absolute Gasteiger partial charge is 0.258 e. The van der Waals surface area contributed by atoms with Gasteiger partial charge in [-0.05, 0) is 37.3 Å². The van der Waals surface area contributed by atoms with Gasteiger partial charge < -0.3 is 14.4 Å². The van der Waals surface area contributed by atoms with Crippen molar-refractivity contribution in [3.63, 3.8) is 0 Å². The number of phenols is 1. The first-order valence-corrected chi connectivity index (χ1v) is 5.92. The summed E-state index contributed by atoms with van der Waals surface area (Å²) in [5.41, 5.74) is -0.0478. The third-order valence-corrected chi connectivity index (χ3v) is 2.78. The van der Waals surface area contributed by atoms with Crippen LogP contribution in [0, 0.1) is 5.82 Å². The highest BCUT2D eigenvalue weighted by atomic mass is 19.1. The van der Waals surface area contributed by atoms with E-state index in [4.69, 9.17) is 4.42 Å². The predicted molar refractivity (Wildman–Crippen MR) is 67.2 cm³/mol. The number of benzene rings is 1. The fourth-order valence-corrected chi connectivity index (χ4v) is 1.77. The van der Waals surface area contributed by atoms with Crippen molar-refractivity contribution in [2.75, 3.05) is 6.54 Å². The minimum Gasteiger partial charge on any atom is -0.507 e. The maximum atomic E-state index is 13.2. The van der Waals surface area contributed by atoms with Crippen LogP contribution in [0.25, 0.3) is 0 Å². The molecule has 0 atom stereocenters. The number of amides is 1. The fourth-order valence-electron chi connectivity index (χ4n) is 1.77. The zero-order valence-electron chi connectivity index (χ0n) is 10.5. The van der Waals surface area contributed by atoms with E-state index in [1.54, 1.807) is 19.1 Å². The van der Waals surface area contributed by atoms with E-state index in [1.165, 1.54) is 17.2 Å². The number of carbonyl (C=O) groups excluding carboxylic acids is 1. The van der Waals surface area contributed by atoms with Crippen LogP contribution < -0.4 is 0 Å². The standard InChI is InChI=1S/C14H14FNO3/c1-2-16(9-11-4-3-7-19-11)14(18)12-8-10(15)5-6-13(12)17/h3-8,17H,2,9H2,1H3. The van der Waals surface area contributed by atoms with Gasteiger partial charge in [0.2, 0.25) is 0 Å². The molecule has 2 aromatic rings. The van der Waals surface area contributed by atoms with Crippen LogP contribution in [0.5, 0.6) is 5.75 Å². The Morgan fingerprint density at radius 2 is 2.21 bits per heavy atom. The summed E-state index contributed by atoms with van der Waals surface area (Å²) in [4.78, 5) is 13.7. The first kappa shape index (κ1) is 13.1. The molecule has 1 aromatic carbocycles. The summed E-state index contributed by atoms with van der Waals surface area (Å²) >= 11 is 0. The highest BCUT2D eigenvalue weighted by Gasteiger charge is 2.19. The second-order valence-electron chi connectivity index (χ2n) is 4.06. The fraction of sp³-hybridized carbons (Fsp3) is 0.214. The Hall–Kier alpha value is -2.30. The quantitative estimate of drug-likeness (QED) is 0.922. The van der Waals surface area contributed by atoms with E-state index < -0.39 is 11.7 Å². The third-order valence-electron chi connectivity index (χ3n) is 2.78. The molecular weight excluding hydrogens is 249 g/mol. The van der Waals surface area contributed by atoms with Crippen LogP contribution in [0.1, 0.15) is 23.0 Å². The molecule has 5 heteroatoms. The van der Waals surface area contributed by atoms with Gasteiger partial charge in [-0.25, -0.2) is 4.39 Å². The minimum absolute atomic E-state index is 0.0478. The molecule has 1 N–H and O–H groups in total. The molecule has 19 heavy (non-hydrogen) atoms. The largest absolute Gasteiger partial charge is 0.507 e. The Morgan fingerprint density at radius 1 is 1.42 bits per heavy atom. The predicted octanol–water partition coefficient (Wildman–Crippen LogP) is 2.79. The summed E-state index contributed by atoms with van der Waals surface area (Å²) in [5.74, 6) is -0.596. The van der Waals surface area contributed by atoms with Gasteiger partial charge in [0.25, 0.3) is 5.91 Å². The molecule has 0 saturated carbocycles. The Morgan fingerprint density at radius 3 is 2.84 bits per heavy atom. The molecule has 100 valence electrons. The normalized spacial score (nSPS) is 10.4. The second-order valence-corrected chi connectivity index (χ2v) is 4.06. The number of phenolic OH excluding ortho intramolecular Hbond substituents is 1. The number of furan rings is 1. The summed E-state index contributed by atoms with van der Waals surface area (Å²) in [6.07, 6.45) is 1.52. The lowest BCUT2D eigenvalue weighted by Crippen LogP contribution is -2.30. The lowest BCUT2D eigenvalue weighted by molar-refractivity contribution is 0.0737. The maximum Gasteiger partial charge on any atom is 0.258 e. The van der Waals surface area contributed by atoms with Gasteiger partial charge in [0.15, 0.2) is 0 Å². The number of hydrogen-bond acceptors (Lipinski definition) is 3. The van der Waals surface area contributed by atoms with Crippen LogP contribution in [0.15, 0.2) is 41.0 Å². The van der Waals surface area contributed by atoms with Crippen molar-refractivity contribution in [3.05, 3.63) is 53.7 Å². The zero-order chi connectivity index (χ0) is 13.8. The van der Waals surface area contributed by atoms with E-state index in [1.807, 2.05) is 0 Å². The Balaban J connectivity index is 2.23. The number of hydrogen-bond donors (Lipinski definition) is 1. The van der Waals surface area contributed by atoms with Gasteiger partial charge >= 0.3 is 0 Å². The molecular formula is C14H14FNO3. The van der Waals surface area contributed by atoms with E-state index in [2.05, 4.69) is 0 Å². The Bertz CT molecular complexity index is 566. The highest BCUT2D eigenvalue weighted by Crippen LogP contribution is 2.20. The van der Waals surface area contributed by atoms with Gasteiger partial charge in [0.1, 0.15) is 17.3 Å². The van der Waals surface area contributed by atoms with Crippen LogP contribution in [-0.4, -0.2) is 22.5 Å². The van der Waals surface area contributed by atoms with Crippen LogP contribution in [-0.2, 0) is 6.54 Å². The van der Waals surface area contributed by atoms with E-state index in [9.17, 15) is 14.3 Å². The summed E-state index contributed by atoms with van der Waals surface area (Å²) in [7, 11) is 0. The van der Waals surface area contributed by atoms with E-state index in [-0.39, 0.29) is 17.9 Å². The molecule has 0 aliphatic heterocycles. The second kappa shape index (κ2) is 5.56. The molecule has 0 spiro atoms. The first-order chi connectivity index (χ1) is 9.11. The third kappa shape index (κ3) is 2.93. The average Bonchev–Trinajstić information content (AvgIpc) is 2.91. The van der Waals surface area contributed by atoms with Crippen molar-refractivity contribution in [2.45, 2.75) is 13.5 Å². The first-order valence-electron chi connectivity index (χ1n) is 5.92. The van der Waals surface area contributed by atoms with Crippen molar-refractivity contribution in [2.24, 2.45) is 0 Å². The molecule has 0 saturated heterocycles. The van der Waals surface area contributed by atoms with Crippen molar-refractivity contribution >= 4 is 5.91 Å². The number of aromatic hydroxyl groups is 1. The molecule has 0 unspecified atom stereocenters.